The fourth-order valence-electron chi connectivity index (χ4n) is 1.73. The molecule has 0 aliphatic rings. The van der Waals surface area contributed by atoms with Crippen LogP contribution in [0.15, 0.2) is 12.1 Å². The Hall–Kier alpha value is -0.930. The molecule has 18 heavy (non-hydrogen) atoms. The number of anilines is 1. The van der Waals surface area contributed by atoms with E-state index in [-0.39, 0.29) is 0 Å². The molecule has 2 N–H and O–H groups in total. The van der Waals surface area contributed by atoms with Crippen LogP contribution in [0.2, 0.25) is 5.02 Å². The molecule has 0 unspecified atom stereocenters. The molecule has 0 atom stereocenters. The molecule has 102 valence electrons. The first-order valence-electron chi connectivity index (χ1n) is 6.26. The zero-order chi connectivity index (χ0) is 13.8. The van der Waals surface area contributed by atoms with Gasteiger partial charge in [-0.1, -0.05) is 25.4 Å². The van der Waals surface area contributed by atoms with Crippen molar-refractivity contribution >= 4 is 17.3 Å². The van der Waals surface area contributed by atoms with E-state index in [1.54, 1.807) is 13.2 Å². The molecule has 0 fully saturated rings. The summed E-state index contributed by atoms with van der Waals surface area (Å²) >= 11 is 6.05. The summed E-state index contributed by atoms with van der Waals surface area (Å²) in [6.07, 6.45) is 1.43. The van der Waals surface area contributed by atoms with Crippen molar-refractivity contribution in [3.05, 3.63) is 22.7 Å². The average molecular weight is 272 g/mol. The monoisotopic (exact) mass is 271 g/mol. The van der Waals surface area contributed by atoms with Gasteiger partial charge in [-0.05, 0) is 31.4 Å². The van der Waals surface area contributed by atoms with Crippen LogP contribution in [0.1, 0.15) is 32.3 Å². The molecule has 1 aromatic carbocycles. The normalized spacial score (nSPS) is 11.4. The highest BCUT2D eigenvalue weighted by Crippen LogP contribution is 2.31. The number of benzene rings is 1. The van der Waals surface area contributed by atoms with Gasteiger partial charge >= 0.3 is 0 Å². The van der Waals surface area contributed by atoms with Crippen molar-refractivity contribution in [1.29, 1.82) is 0 Å². The van der Waals surface area contributed by atoms with Gasteiger partial charge in [0, 0.05) is 17.6 Å². The number of hydrogen-bond acceptors (Lipinski definition) is 3. The second-order valence-electron chi connectivity index (χ2n) is 4.59. The molecular weight excluding hydrogens is 250 g/mol. The van der Waals surface area contributed by atoms with Crippen LogP contribution < -0.4 is 10.1 Å². The molecule has 0 bridgehead atoms. The van der Waals surface area contributed by atoms with Gasteiger partial charge in [0.15, 0.2) is 0 Å². The number of aliphatic hydroxyl groups is 1. The predicted octanol–water partition coefficient (Wildman–Crippen LogP) is 3.62. The third-order valence-electron chi connectivity index (χ3n) is 3.40. The molecule has 0 aliphatic carbocycles. The lowest BCUT2D eigenvalue weighted by molar-refractivity contribution is 0.0457. The van der Waals surface area contributed by atoms with Crippen molar-refractivity contribution in [2.24, 2.45) is 0 Å². The smallest absolute Gasteiger partial charge is 0.143 e. The van der Waals surface area contributed by atoms with E-state index in [1.165, 1.54) is 0 Å². The Morgan fingerprint density at radius 1 is 1.33 bits per heavy atom. The second-order valence-corrected chi connectivity index (χ2v) is 4.99. The molecule has 0 saturated carbocycles. The Bertz CT molecular complexity index is 403. The Morgan fingerprint density at radius 3 is 2.44 bits per heavy atom. The van der Waals surface area contributed by atoms with Gasteiger partial charge in [0.25, 0.3) is 0 Å². The van der Waals surface area contributed by atoms with Gasteiger partial charge in [0.1, 0.15) is 5.75 Å². The van der Waals surface area contributed by atoms with Crippen molar-refractivity contribution < 1.29 is 9.84 Å². The molecule has 0 spiro atoms. The lowest BCUT2D eigenvalue weighted by Crippen LogP contribution is -2.35. The maximum atomic E-state index is 10.2. The van der Waals surface area contributed by atoms with E-state index in [2.05, 4.69) is 5.32 Å². The maximum Gasteiger partial charge on any atom is 0.143 e. The zero-order valence-corrected chi connectivity index (χ0v) is 12.3. The molecule has 4 heteroatoms. The van der Waals surface area contributed by atoms with Gasteiger partial charge in [-0.2, -0.15) is 0 Å². The first-order valence-corrected chi connectivity index (χ1v) is 6.64. The van der Waals surface area contributed by atoms with Gasteiger partial charge in [0.2, 0.25) is 0 Å². The lowest BCUT2D eigenvalue weighted by atomic mass is 9.97. The summed E-state index contributed by atoms with van der Waals surface area (Å²) in [7, 11) is 1.61. The number of rotatable bonds is 6. The predicted molar refractivity (Wildman–Crippen MR) is 76.8 cm³/mol. The molecule has 0 aliphatic heterocycles. The third kappa shape index (κ3) is 3.53. The summed E-state index contributed by atoms with van der Waals surface area (Å²) < 4.78 is 5.29. The average Bonchev–Trinajstić information content (AvgIpc) is 2.39. The Morgan fingerprint density at radius 2 is 1.94 bits per heavy atom. The van der Waals surface area contributed by atoms with Gasteiger partial charge in [-0.25, -0.2) is 0 Å². The van der Waals surface area contributed by atoms with Crippen LogP contribution >= 0.6 is 11.6 Å². The van der Waals surface area contributed by atoms with Crippen molar-refractivity contribution in [1.82, 2.24) is 0 Å². The van der Waals surface area contributed by atoms with Crippen molar-refractivity contribution in [3.63, 3.8) is 0 Å². The van der Waals surface area contributed by atoms with E-state index in [4.69, 9.17) is 16.3 Å². The Balaban J connectivity index is 2.87. The summed E-state index contributed by atoms with van der Waals surface area (Å²) in [4.78, 5) is 0. The molecule has 1 aromatic rings. The molecule has 0 radical (unpaired) electrons. The van der Waals surface area contributed by atoms with Crippen LogP contribution in [-0.4, -0.2) is 24.4 Å². The van der Waals surface area contributed by atoms with E-state index >= 15 is 0 Å². The van der Waals surface area contributed by atoms with Crippen LogP contribution in [0.4, 0.5) is 5.69 Å². The van der Waals surface area contributed by atoms with E-state index in [0.29, 0.717) is 30.2 Å². The molecule has 1 rings (SSSR count). The fourth-order valence-corrected chi connectivity index (χ4v) is 1.88. The fraction of sp³-hybridized carbons (Fsp3) is 0.571. The van der Waals surface area contributed by atoms with Gasteiger partial charge in [-0.15, -0.1) is 0 Å². The first-order chi connectivity index (χ1) is 8.45. The van der Waals surface area contributed by atoms with Gasteiger partial charge in [-0.3, -0.25) is 0 Å². The van der Waals surface area contributed by atoms with Gasteiger partial charge < -0.3 is 15.2 Å². The lowest BCUT2D eigenvalue weighted by Gasteiger charge is -2.26. The van der Waals surface area contributed by atoms with Crippen molar-refractivity contribution in [2.45, 2.75) is 39.2 Å². The molecule has 0 saturated heterocycles. The highest BCUT2D eigenvalue weighted by atomic mass is 35.5. The number of aryl methyl sites for hydroxylation is 1. The highest BCUT2D eigenvalue weighted by molar-refractivity contribution is 6.31. The van der Waals surface area contributed by atoms with E-state index < -0.39 is 5.60 Å². The van der Waals surface area contributed by atoms with Crippen molar-refractivity contribution in [3.8, 4) is 5.75 Å². The minimum absolute atomic E-state index is 0.497. The number of hydrogen-bond donors (Lipinski definition) is 2. The third-order valence-corrected chi connectivity index (χ3v) is 3.81. The molecular formula is C14H22ClNO2. The summed E-state index contributed by atoms with van der Waals surface area (Å²) in [5, 5.41) is 14.2. The molecule has 3 nitrogen and oxygen atoms in total. The largest absolute Gasteiger partial charge is 0.495 e. The number of methoxy groups -OCH3 is 1. The standard InChI is InChI=1S/C14H22ClNO2/c1-5-14(17,6-2)9-16-12-7-10(3)11(15)8-13(12)18-4/h7-8,16-17H,5-6,9H2,1-4H3. The highest BCUT2D eigenvalue weighted by Gasteiger charge is 2.22. The minimum Gasteiger partial charge on any atom is -0.495 e. The summed E-state index contributed by atoms with van der Waals surface area (Å²) in [6, 6.07) is 3.73. The van der Waals surface area contributed by atoms with Crippen LogP contribution in [0.5, 0.6) is 5.75 Å². The van der Waals surface area contributed by atoms with Gasteiger partial charge in [0.05, 0.1) is 18.4 Å². The number of ether oxygens (including phenoxy) is 1. The Labute approximate surface area is 114 Å². The van der Waals surface area contributed by atoms with E-state index in [0.717, 1.165) is 11.3 Å². The molecule has 0 aromatic heterocycles. The minimum atomic E-state index is -0.682. The van der Waals surface area contributed by atoms with E-state index in [9.17, 15) is 5.11 Å². The zero-order valence-electron chi connectivity index (χ0n) is 11.5. The van der Waals surface area contributed by atoms with Crippen molar-refractivity contribution in [2.75, 3.05) is 19.0 Å². The van der Waals surface area contributed by atoms with E-state index in [1.807, 2.05) is 26.8 Å². The molecule has 0 heterocycles. The first kappa shape index (κ1) is 15.1. The Kier molecular flexibility index (Phi) is 5.29. The summed E-state index contributed by atoms with van der Waals surface area (Å²) in [5.41, 5.74) is 1.16. The summed E-state index contributed by atoms with van der Waals surface area (Å²) in [5.74, 6) is 0.695. The van der Waals surface area contributed by atoms with Crippen LogP contribution in [-0.2, 0) is 0 Å². The molecule has 0 amide bonds. The summed E-state index contributed by atoms with van der Waals surface area (Å²) in [6.45, 7) is 6.40. The topological polar surface area (TPSA) is 41.5 Å². The van der Waals surface area contributed by atoms with Crippen LogP contribution in [0.3, 0.4) is 0 Å². The SMILES string of the molecule is CCC(O)(CC)CNc1cc(C)c(Cl)cc1OC. The quantitative estimate of drug-likeness (QED) is 0.830. The van der Waals surface area contributed by atoms with Crippen LogP contribution in [0.25, 0.3) is 0 Å². The number of halogens is 1. The second kappa shape index (κ2) is 6.30. The van der Waals surface area contributed by atoms with Crippen LogP contribution in [0, 0.1) is 6.92 Å². The number of nitrogens with one attached hydrogen (secondary N) is 1. The maximum absolute atomic E-state index is 10.2.